The third kappa shape index (κ3) is 5.71. The first-order chi connectivity index (χ1) is 11.9. The average molecular weight is 403 g/mol. The molecule has 0 fully saturated rings. The number of aryl methyl sites for hydroxylation is 1. The first kappa shape index (κ1) is 19.2. The molecule has 4 nitrogen and oxygen atoms in total. The van der Waals surface area contributed by atoms with Gasteiger partial charge in [-0.2, -0.15) is 5.10 Å². The van der Waals surface area contributed by atoms with Gasteiger partial charge in [0.15, 0.2) is 6.61 Å². The molecule has 0 aliphatic carbocycles. The molecule has 0 aromatic heterocycles. The summed E-state index contributed by atoms with van der Waals surface area (Å²) in [5.41, 5.74) is 6.63. The van der Waals surface area contributed by atoms with E-state index in [2.05, 4.69) is 40.3 Å². The molecule has 0 aliphatic heterocycles. The third-order valence-electron chi connectivity index (χ3n) is 3.80. The predicted octanol–water partition coefficient (Wildman–Crippen LogP) is 4.80. The van der Waals surface area contributed by atoms with Crippen molar-refractivity contribution in [2.24, 2.45) is 5.10 Å². The van der Waals surface area contributed by atoms with Crippen LogP contribution in [-0.2, 0) is 4.79 Å². The fourth-order valence-electron chi connectivity index (χ4n) is 2.17. The van der Waals surface area contributed by atoms with Crippen LogP contribution in [-0.4, -0.2) is 18.2 Å². The summed E-state index contributed by atoms with van der Waals surface area (Å²) in [6.45, 7) is 8.05. The molecule has 0 spiro atoms. The Morgan fingerprint density at radius 1 is 1.20 bits per heavy atom. The van der Waals surface area contributed by atoms with Crippen LogP contribution in [0.25, 0.3) is 0 Å². The molecule has 25 heavy (non-hydrogen) atoms. The highest BCUT2D eigenvalue weighted by Crippen LogP contribution is 2.28. The number of hydrogen-bond donors (Lipinski definition) is 1. The van der Waals surface area contributed by atoms with Gasteiger partial charge in [-0.25, -0.2) is 5.43 Å². The highest BCUT2D eigenvalue weighted by Gasteiger charge is 2.08. The first-order valence-corrected chi connectivity index (χ1v) is 8.98. The van der Waals surface area contributed by atoms with Crippen LogP contribution in [0.3, 0.4) is 0 Å². The topological polar surface area (TPSA) is 50.7 Å². The van der Waals surface area contributed by atoms with E-state index in [1.165, 1.54) is 11.1 Å². The zero-order valence-corrected chi connectivity index (χ0v) is 16.6. The molecule has 0 atom stereocenters. The van der Waals surface area contributed by atoms with Crippen LogP contribution in [0.2, 0.25) is 0 Å². The molecule has 132 valence electrons. The van der Waals surface area contributed by atoms with E-state index in [1.54, 1.807) is 0 Å². The monoisotopic (exact) mass is 402 g/mol. The van der Waals surface area contributed by atoms with Crippen molar-refractivity contribution >= 4 is 27.5 Å². The van der Waals surface area contributed by atoms with E-state index in [0.29, 0.717) is 11.7 Å². The Morgan fingerprint density at radius 2 is 1.88 bits per heavy atom. The van der Waals surface area contributed by atoms with Gasteiger partial charge in [0.2, 0.25) is 0 Å². The van der Waals surface area contributed by atoms with Crippen LogP contribution in [0.15, 0.2) is 52.0 Å². The number of benzene rings is 2. The Kier molecular flexibility index (Phi) is 6.76. The fourth-order valence-corrected chi connectivity index (χ4v) is 2.69. The molecule has 1 amide bonds. The highest BCUT2D eigenvalue weighted by molar-refractivity contribution is 9.10. The molecule has 0 saturated heterocycles. The summed E-state index contributed by atoms with van der Waals surface area (Å²) >= 11 is 3.48. The van der Waals surface area contributed by atoms with Crippen molar-refractivity contribution in [2.45, 2.75) is 33.6 Å². The van der Waals surface area contributed by atoms with Crippen LogP contribution >= 0.6 is 15.9 Å². The maximum Gasteiger partial charge on any atom is 0.277 e. The van der Waals surface area contributed by atoms with Crippen molar-refractivity contribution < 1.29 is 9.53 Å². The van der Waals surface area contributed by atoms with E-state index in [4.69, 9.17) is 4.74 Å². The lowest BCUT2D eigenvalue weighted by Gasteiger charge is -2.11. The molecule has 0 saturated carbocycles. The molecule has 0 aliphatic rings. The van der Waals surface area contributed by atoms with E-state index < -0.39 is 0 Å². The molecule has 2 aromatic carbocycles. The minimum Gasteiger partial charge on any atom is -0.483 e. The average Bonchev–Trinajstić information content (AvgIpc) is 2.59. The smallest absolute Gasteiger partial charge is 0.277 e. The van der Waals surface area contributed by atoms with Gasteiger partial charge in [-0.15, -0.1) is 0 Å². The number of nitrogens with zero attached hydrogens (tertiary/aromatic N) is 1. The minimum absolute atomic E-state index is 0.0930. The van der Waals surface area contributed by atoms with E-state index in [-0.39, 0.29) is 12.5 Å². The molecule has 2 rings (SSSR count). The van der Waals surface area contributed by atoms with Crippen molar-refractivity contribution in [1.29, 1.82) is 0 Å². The molecular formula is C20H23BrN2O2. The Hall–Kier alpha value is -2.14. The lowest BCUT2D eigenvalue weighted by molar-refractivity contribution is -0.123. The number of carbonyl (C=O) groups excluding carboxylic acids is 1. The van der Waals surface area contributed by atoms with Gasteiger partial charge < -0.3 is 4.74 Å². The highest BCUT2D eigenvalue weighted by atomic mass is 79.9. The summed E-state index contributed by atoms with van der Waals surface area (Å²) in [4.78, 5) is 11.9. The SMILES string of the molecule is C/C(=N\NC(=O)COc1ccc(C(C)C)cc1Br)c1ccc(C)cc1. The van der Waals surface area contributed by atoms with Crippen LogP contribution in [0.5, 0.6) is 5.75 Å². The molecule has 0 bridgehead atoms. The normalized spacial score (nSPS) is 11.5. The molecule has 2 aromatic rings. The quantitative estimate of drug-likeness (QED) is 0.557. The molecule has 5 heteroatoms. The molecule has 1 N–H and O–H groups in total. The summed E-state index contributed by atoms with van der Waals surface area (Å²) < 4.78 is 6.40. The standard InChI is InChI=1S/C20H23BrN2O2/c1-13(2)17-9-10-19(18(21)11-17)25-12-20(24)23-22-15(4)16-7-5-14(3)6-8-16/h5-11,13H,12H2,1-4H3,(H,23,24)/b22-15+. The number of nitrogens with one attached hydrogen (secondary N) is 1. The van der Waals surface area contributed by atoms with Crippen LogP contribution in [0.4, 0.5) is 0 Å². The third-order valence-corrected chi connectivity index (χ3v) is 4.42. The van der Waals surface area contributed by atoms with Crippen molar-refractivity contribution in [2.75, 3.05) is 6.61 Å². The van der Waals surface area contributed by atoms with E-state index >= 15 is 0 Å². The van der Waals surface area contributed by atoms with Crippen molar-refractivity contribution in [3.05, 3.63) is 63.6 Å². The van der Waals surface area contributed by atoms with Gasteiger partial charge in [-0.1, -0.05) is 49.7 Å². The van der Waals surface area contributed by atoms with Gasteiger partial charge in [-0.3, -0.25) is 4.79 Å². The lowest BCUT2D eigenvalue weighted by atomic mass is 10.0. The number of rotatable bonds is 6. The van der Waals surface area contributed by atoms with Crippen molar-refractivity contribution in [3.8, 4) is 5.75 Å². The Morgan fingerprint density at radius 3 is 2.48 bits per heavy atom. The second-order valence-corrected chi connectivity index (χ2v) is 7.09. The van der Waals surface area contributed by atoms with Gasteiger partial charge >= 0.3 is 0 Å². The number of hydrazone groups is 1. The summed E-state index contributed by atoms with van der Waals surface area (Å²) in [5, 5.41) is 4.12. The number of hydrogen-bond acceptors (Lipinski definition) is 3. The van der Waals surface area contributed by atoms with E-state index in [0.717, 1.165) is 15.7 Å². The van der Waals surface area contributed by atoms with E-state index in [9.17, 15) is 4.79 Å². The van der Waals surface area contributed by atoms with Gasteiger partial charge in [0.05, 0.1) is 10.2 Å². The maximum atomic E-state index is 11.9. The largest absolute Gasteiger partial charge is 0.483 e. The zero-order chi connectivity index (χ0) is 18.4. The van der Waals surface area contributed by atoms with Crippen LogP contribution in [0.1, 0.15) is 43.4 Å². The molecule has 0 heterocycles. The predicted molar refractivity (Wildman–Crippen MR) is 105 cm³/mol. The number of amides is 1. The van der Waals surface area contributed by atoms with Crippen LogP contribution in [0, 0.1) is 6.92 Å². The molecule has 0 unspecified atom stereocenters. The Balaban J connectivity index is 1.90. The second-order valence-electron chi connectivity index (χ2n) is 6.23. The van der Waals surface area contributed by atoms with Crippen LogP contribution < -0.4 is 10.2 Å². The van der Waals surface area contributed by atoms with Crippen molar-refractivity contribution in [1.82, 2.24) is 5.43 Å². The lowest BCUT2D eigenvalue weighted by Crippen LogP contribution is -2.25. The number of carbonyl (C=O) groups is 1. The Bertz CT molecular complexity index is 768. The number of ether oxygens (including phenoxy) is 1. The fraction of sp³-hybridized carbons (Fsp3) is 0.300. The summed E-state index contributed by atoms with van der Waals surface area (Å²) in [6, 6.07) is 13.9. The summed E-state index contributed by atoms with van der Waals surface area (Å²) in [7, 11) is 0. The Labute approximate surface area is 157 Å². The van der Waals surface area contributed by atoms with Gasteiger partial charge in [0, 0.05) is 0 Å². The maximum absolute atomic E-state index is 11.9. The number of halogens is 1. The zero-order valence-electron chi connectivity index (χ0n) is 15.0. The van der Waals surface area contributed by atoms with E-state index in [1.807, 2.05) is 56.3 Å². The molecular weight excluding hydrogens is 380 g/mol. The van der Waals surface area contributed by atoms with Gasteiger partial charge in [0.1, 0.15) is 5.75 Å². The second kappa shape index (κ2) is 8.81. The van der Waals surface area contributed by atoms with Crippen molar-refractivity contribution in [3.63, 3.8) is 0 Å². The van der Waals surface area contributed by atoms with Gasteiger partial charge in [0.25, 0.3) is 5.91 Å². The minimum atomic E-state index is -0.300. The summed E-state index contributed by atoms with van der Waals surface area (Å²) in [6.07, 6.45) is 0. The van der Waals surface area contributed by atoms with Gasteiger partial charge in [-0.05, 0) is 59.0 Å². The first-order valence-electron chi connectivity index (χ1n) is 8.19. The molecule has 0 radical (unpaired) electrons. The summed E-state index contributed by atoms with van der Waals surface area (Å²) in [5.74, 6) is 0.776.